The number of hydrogen-bond donors (Lipinski definition) is 1. The number of ether oxygens (including phenoxy) is 1. The Hall–Kier alpha value is -2.40. The molecule has 0 saturated carbocycles. The van der Waals surface area contributed by atoms with Crippen molar-refractivity contribution in [3.8, 4) is 11.5 Å². The average Bonchev–Trinajstić information content (AvgIpc) is 2.82. The Labute approximate surface area is 114 Å². The van der Waals surface area contributed by atoms with Crippen molar-refractivity contribution >= 4 is 27.8 Å². The van der Waals surface area contributed by atoms with Gasteiger partial charge in [-0.1, -0.05) is 18.2 Å². The summed E-state index contributed by atoms with van der Waals surface area (Å²) >= 11 is 1.53. The van der Waals surface area contributed by atoms with Crippen LogP contribution < -0.4 is 10.6 Å². The van der Waals surface area contributed by atoms with Crippen LogP contribution in [0.5, 0.6) is 11.5 Å². The number of hydrazone groups is 1. The average molecular weight is 269 g/mol. The summed E-state index contributed by atoms with van der Waals surface area (Å²) in [5.74, 6) is 6.73. The van der Waals surface area contributed by atoms with Gasteiger partial charge in [-0.05, 0) is 24.3 Å². The van der Waals surface area contributed by atoms with Crippen LogP contribution in [0.15, 0.2) is 53.6 Å². The molecule has 0 spiro atoms. The van der Waals surface area contributed by atoms with Gasteiger partial charge in [-0.3, -0.25) is 0 Å². The van der Waals surface area contributed by atoms with Crippen molar-refractivity contribution in [2.75, 3.05) is 0 Å². The van der Waals surface area contributed by atoms with Crippen LogP contribution in [0.4, 0.5) is 0 Å². The molecule has 0 aliphatic heterocycles. The minimum atomic E-state index is 0.786. The Kier molecular flexibility index (Phi) is 3.12. The molecule has 0 saturated heterocycles. The van der Waals surface area contributed by atoms with Crippen molar-refractivity contribution in [3.05, 3.63) is 53.5 Å². The highest BCUT2D eigenvalue weighted by Crippen LogP contribution is 2.28. The molecule has 0 atom stereocenters. The molecule has 1 heterocycles. The van der Waals surface area contributed by atoms with Gasteiger partial charge < -0.3 is 10.6 Å². The molecule has 4 nitrogen and oxygen atoms in total. The van der Waals surface area contributed by atoms with Crippen molar-refractivity contribution in [3.63, 3.8) is 0 Å². The first-order chi connectivity index (χ1) is 9.35. The Morgan fingerprint density at radius 3 is 2.74 bits per heavy atom. The van der Waals surface area contributed by atoms with Gasteiger partial charge in [0.25, 0.3) is 0 Å². The van der Waals surface area contributed by atoms with Crippen LogP contribution in [-0.4, -0.2) is 11.2 Å². The summed E-state index contributed by atoms with van der Waals surface area (Å²) in [6.45, 7) is 0. The quantitative estimate of drug-likeness (QED) is 0.450. The van der Waals surface area contributed by atoms with E-state index in [0.717, 1.165) is 26.7 Å². The summed E-state index contributed by atoms with van der Waals surface area (Å²) < 4.78 is 6.82. The van der Waals surface area contributed by atoms with Gasteiger partial charge in [0.05, 0.1) is 16.4 Å². The summed E-state index contributed by atoms with van der Waals surface area (Å²) in [5.41, 5.74) is 0.917. The van der Waals surface area contributed by atoms with E-state index in [2.05, 4.69) is 10.1 Å². The molecule has 19 heavy (non-hydrogen) atoms. The molecule has 94 valence electrons. The van der Waals surface area contributed by atoms with Crippen molar-refractivity contribution in [2.45, 2.75) is 0 Å². The highest BCUT2D eigenvalue weighted by Gasteiger charge is 2.04. The predicted molar refractivity (Wildman–Crippen MR) is 77.9 cm³/mol. The maximum Gasteiger partial charge on any atom is 0.137 e. The maximum absolute atomic E-state index is 5.78. The van der Waals surface area contributed by atoms with Gasteiger partial charge in [0.15, 0.2) is 0 Å². The number of fused-ring (bicyclic) bond motifs is 1. The van der Waals surface area contributed by atoms with E-state index in [1.807, 2.05) is 48.5 Å². The normalized spacial score (nSPS) is 11.2. The van der Waals surface area contributed by atoms with Gasteiger partial charge in [0, 0.05) is 6.07 Å². The third-order valence-electron chi connectivity index (χ3n) is 2.54. The first-order valence-corrected chi connectivity index (χ1v) is 6.53. The Morgan fingerprint density at radius 1 is 1.11 bits per heavy atom. The number of aromatic nitrogens is 1. The Bertz CT molecular complexity index is 722. The molecule has 3 aromatic rings. The molecule has 1 aromatic heterocycles. The summed E-state index contributed by atoms with van der Waals surface area (Å²) in [6, 6.07) is 15.5. The topological polar surface area (TPSA) is 60.5 Å². The standard InChI is InChI=1S/C14H11N3OS/c15-16-9-14-17-12-7-6-11(8-13(12)19-14)18-10-4-2-1-3-5-10/h1-9H,15H2. The number of benzene rings is 2. The molecule has 0 aliphatic rings. The molecular weight excluding hydrogens is 258 g/mol. The summed E-state index contributed by atoms with van der Waals surface area (Å²) in [4.78, 5) is 4.38. The van der Waals surface area contributed by atoms with Crippen LogP contribution in [0.2, 0.25) is 0 Å². The van der Waals surface area contributed by atoms with Crippen LogP contribution in [-0.2, 0) is 0 Å². The zero-order valence-electron chi connectivity index (χ0n) is 9.98. The van der Waals surface area contributed by atoms with E-state index in [9.17, 15) is 0 Å². The highest BCUT2D eigenvalue weighted by molar-refractivity contribution is 7.20. The lowest BCUT2D eigenvalue weighted by atomic mass is 10.3. The molecule has 0 radical (unpaired) electrons. The summed E-state index contributed by atoms with van der Waals surface area (Å²) in [6.07, 6.45) is 1.54. The lowest BCUT2D eigenvalue weighted by Crippen LogP contribution is -1.84. The van der Waals surface area contributed by atoms with Crippen molar-refractivity contribution in [1.29, 1.82) is 0 Å². The fourth-order valence-corrected chi connectivity index (χ4v) is 2.61. The number of nitrogens with two attached hydrogens (primary N) is 1. The van der Waals surface area contributed by atoms with Gasteiger partial charge in [0.1, 0.15) is 16.5 Å². The van der Waals surface area contributed by atoms with Crippen molar-refractivity contribution < 1.29 is 4.74 Å². The Balaban J connectivity index is 1.93. The third kappa shape index (κ3) is 2.56. The molecule has 0 unspecified atom stereocenters. The van der Waals surface area contributed by atoms with E-state index in [1.165, 1.54) is 11.3 Å². The van der Waals surface area contributed by atoms with E-state index in [-0.39, 0.29) is 0 Å². The SMILES string of the molecule is NN=Cc1nc2ccc(Oc3ccccc3)cc2s1. The van der Waals surface area contributed by atoms with Crippen LogP contribution >= 0.6 is 11.3 Å². The maximum atomic E-state index is 5.78. The number of rotatable bonds is 3. The molecule has 5 heteroatoms. The molecule has 0 amide bonds. The fourth-order valence-electron chi connectivity index (χ4n) is 1.73. The number of hydrogen-bond acceptors (Lipinski definition) is 5. The zero-order chi connectivity index (χ0) is 13.1. The van der Waals surface area contributed by atoms with Gasteiger partial charge in [-0.15, -0.1) is 11.3 Å². The predicted octanol–water partition coefficient (Wildman–Crippen LogP) is 3.38. The number of thiazole rings is 1. The Morgan fingerprint density at radius 2 is 1.95 bits per heavy atom. The van der Waals surface area contributed by atoms with Crippen LogP contribution in [0.1, 0.15) is 5.01 Å². The largest absolute Gasteiger partial charge is 0.457 e. The molecular formula is C14H11N3OS. The van der Waals surface area contributed by atoms with Gasteiger partial charge in [-0.2, -0.15) is 5.10 Å². The van der Waals surface area contributed by atoms with E-state index in [0.29, 0.717) is 0 Å². The first-order valence-electron chi connectivity index (χ1n) is 5.72. The van der Waals surface area contributed by atoms with E-state index in [1.54, 1.807) is 6.21 Å². The van der Waals surface area contributed by atoms with Crippen molar-refractivity contribution in [1.82, 2.24) is 4.98 Å². The fraction of sp³-hybridized carbons (Fsp3) is 0. The smallest absolute Gasteiger partial charge is 0.137 e. The lowest BCUT2D eigenvalue weighted by Gasteiger charge is -2.04. The number of nitrogens with zero attached hydrogens (tertiary/aromatic N) is 2. The second kappa shape index (κ2) is 5.07. The highest BCUT2D eigenvalue weighted by atomic mass is 32.1. The van der Waals surface area contributed by atoms with Crippen LogP contribution in [0, 0.1) is 0 Å². The monoisotopic (exact) mass is 269 g/mol. The molecule has 2 aromatic carbocycles. The number of para-hydroxylation sites is 1. The second-order valence-corrected chi connectivity index (χ2v) is 4.94. The van der Waals surface area contributed by atoms with Crippen LogP contribution in [0.25, 0.3) is 10.2 Å². The van der Waals surface area contributed by atoms with Crippen molar-refractivity contribution in [2.24, 2.45) is 10.9 Å². The van der Waals surface area contributed by atoms with E-state index < -0.39 is 0 Å². The van der Waals surface area contributed by atoms with Gasteiger partial charge >= 0.3 is 0 Å². The van der Waals surface area contributed by atoms with E-state index >= 15 is 0 Å². The van der Waals surface area contributed by atoms with E-state index in [4.69, 9.17) is 10.6 Å². The lowest BCUT2D eigenvalue weighted by molar-refractivity contribution is 0.483. The first kappa shape index (κ1) is 11.7. The third-order valence-corrected chi connectivity index (χ3v) is 3.49. The van der Waals surface area contributed by atoms with Gasteiger partial charge in [0.2, 0.25) is 0 Å². The minimum absolute atomic E-state index is 0.786. The molecule has 0 fully saturated rings. The summed E-state index contributed by atoms with van der Waals surface area (Å²) in [7, 11) is 0. The minimum Gasteiger partial charge on any atom is -0.457 e. The second-order valence-electron chi connectivity index (χ2n) is 3.87. The van der Waals surface area contributed by atoms with Gasteiger partial charge in [-0.25, -0.2) is 4.98 Å². The molecule has 3 rings (SSSR count). The molecule has 0 aliphatic carbocycles. The zero-order valence-corrected chi connectivity index (χ0v) is 10.8. The molecule has 0 bridgehead atoms. The summed E-state index contributed by atoms with van der Waals surface area (Å²) in [5, 5.41) is 4.27. The molecule has 2 N–H and O–H groups in total. The van der Waals surface area contributed by atoms with Crippen LogP contribution in [0.3, 0.4) is 0 Å².